The zero-order valence-electron chi connectivity index (χ0n) is 11.1. The van der Waals surface area contributed by atoms with Crippen LogP contribution in [0.2, 0.25) is 0 Å². The van der Waals surface area contributed by atoms with E-state index in [2.05, 4.69) is 5.32 Å². The highest BCUT2D eigenvalue weighted by atomic mass is 16.4. The van der Waals surface area contributed by atoms with Gasteiger partial charge < -0.3 is 10.4 Å². The van der Waals surface area contributed by atoms with Crippen LogP contribution in [0.4, 0.5) is 5.69 Å². The Morgan fingerprint density at radius 1 is 1.40 bits per heavy atom. The summed E-state index contributed by atoms with van der Waals surface area (Å²) in [5.74, 6) is -1.05. The van der Waals surface area contributed by atoms with Crippen LogP contribution in [-0.4, -0.2) is 16.9 Å². The Bertz CT molecular complexity index is 670. The van der Waals surface area contributed by atoms with Gasteiger partial charge in [-0.2, -0.15) is 0 Å². The van der Waals surface area contributed by atoms with Crippen LogP contribution in [0.1, 0.15) is 31.2 Å². The number of carbonyl (C=O) groups is 2. The summed E-state index contributed by atoms with van der Waals surface area (Å²) < 4.78 is 0. The van der Waals surface area contributed by atoms with Crippen molar-refractivity contribution in [2.24, 2.45) is 0 Å². The topological polar surface area (TPSA) is 66.4 Å². The van der Waals surface area contributed by atoms with Gasteiger partial charge in [0.1, 0.15) is 0 Å². The molecule has 0 fully saturated rings. The van der Waals surface area contributed by atoms with Gasteiger partial charge in [0.15, 0.2) is 5.78 Å². The third-order valence-electron chi connectivity index (χ3n) is 3.94. The standard InChI is InChI=1S/C16H15NO3/c1-9-14(18)7-6-13-16(9)11(8-15(19)20)10-4-2-3-5-12(10)17-13/h2-6,11,17H,7-8H2,1H3,(H,19,20). The molecular formula is C16H15NO3. The number of Topliss-reactive ketones (excluding diaryl/α,β-unsaturated/α-hetero) is 1. The first-order chi connectivity index (χ1) is 9.58. The van der Waals surface area contributed by atoms with Gasteiger partial charge in [-0.1, -0.05) is 24.3 Å². The Kier molecular flexibility index (Phi) is 2.93. The Morgan fingerprint density at radius 3 is 2.90 bits per heavy atom. The first kappa shape index (κ1) is 12.7. The predicted molar refractivity (Wildman–Crippen MR) is 75.5 cm³/mol. The van der Waals surface area contributed by atoms with Crippen molar-refractivity contribution in [3.05, 3.63) is 52.7 Å². The molecule has 2 N–H and O–H groups in total. The Labute approximate surface area is 116 Å². The minimum atomic E-state index is -0.857. The number of carbonyl (C=O) groups excluding carboxylic acids is 1. The third-order valence-corrected chi connectivity index (χ3v) is 3.94. The summed E-state index contributed by atoms with van der Waals surface area (Å²) >= 11 is 0. The lowest BCUT2D eigenvalue weighted by atomic mass is 9.77. The van der Waals surface area contributed by atoms with Crippen molar-refractivity contribution >= 4 is 17.4 Å². The quantitative estimate of drug-likeness (QED) is 0.866. The number of benzene rings is 1. The van der Waals surface area contributed by atoms with E-state index in [0.29, 0.717) is 12.0 Å². The molecule has 3 rings (SSSR count). The van der Waals surface area contributed by atoms with Crippen LogP contribution in [0.5, 0.6) is 0 Å². The number of fused-ring (bicyclic) bond motifs is 2. The largest absolute Gasteiger partial charge is 0.481 e. The van der Waals surface area contributed by atoms with E-state index in [-0.39, 0.29) is 18.1 Å². The van der Waals surface area contributed by atoms with Gasteiger partial charge in [-0.25, -0.2) is 0 Å². The first-order valence-electron chi connectivity index (χ1n) is 6.60. The van der Waals surface area contributed by atoms with E-state index < -0.39 is 5.97 Å². The molecule has 2 aliphatic rings. The zero-order valence-corrected chi connectivity index (χ0v) is 11.1. The monoisotopic (exact) mass is 269 g/mol. The zero-order chi connectivity index (χ0) is 14.3. The molecule has 1 aromatic carbocycles. The average molecular weight is 269 g/mol. The van der Waals surface area contributed by atoms with Gasteiger partial charge in [-0.3, -0.25) is 9.59 Å². The summed E-state index contributed by atoms with van der Waals surface area (Å²) in [5, 5.41) is 12.5. The van der Waals surface area contributed by atoms with Gasteiger partial charge in [-0.15, -0.1) is 0 Å². The Morgan fingerprint density at radius 2 is 2.15 bits per heavy atom. The number of allylic oxidation sites excluding steroid dienone is 3. The van der Waals surface area contributed by atoms with E-state index in [9.17, 15) is 14.7 Å². The highest BCUT2D eigenvalue weighted by molar-refractivity contribution is 6.00. The molecule has 0 saturated carbocycles. The van der Waals surface area contributed by atoms with Crippen LogP contribution in [0, 0.1) is 0 Å². The van der Waals surface area contributed by atoms with Crippen molar-refractivity contribution < 1.29 is 14.7 Å². The maximum absolute atomic E-state index is 11.9. The molecule has 1 aliphatic carbocycles. The van der Waals surface area contributed by atoms with Crippen molar-refractivity contribution in [1.82, 2.24) is 0 Å². The smallest absolute Gasteiger partial charge is 0.304 e. The fraction of sp³-hybridized carbons (Fsp3) is 0.250. The van der Waals surface area contributed by atoms with E-state index in [1.54, 1.807) is 6.92 Å². The van der Waals surface area contributed by atoms with Crippen molar-refractivity contribution in [3.63, 3.8) is 0 Å². The fourth-order valence-corrected chi connectivity index (χ4v) is 2.98. The summed E-state index contributed by atoms with van der Waals surface area (Å²) in [7, 11) is 0. The molecule has 0 radical (unpaired) electrons. The average Bonchev–Trinajstić information content (AvgIpc) is 2.42. The SMILES string of the molecule is CC1=C2C(=CCC1=O)Nc1ccccc1C2CC(=O)O. The molecule has 1 unspecified atom stereocenters. The molecule has 0 saturated heterocycles. The molecule has 0 amide bonds. The number of ketones is 1. The predicted octanol–water partition coefficient (Wildman–Crippen LogP) is 2.84. The number of para-hydroxylation sites is 1. The molecule has 4 heteroatoms. The van der Waals surface area contributed by atoms with Crippen molar-refractivity contribution in [1.29, 1.82) is 0 Å². The molecule has 102 valence electrons. The summed E-state index contributed by atoms with van der Waals surface area (Å²) in [4.78, 5) is 23.1. The van der Waals surface area contributed by atoms with Crippen LogP contribution in [0.3, 0.4) is 0 Å². The molecule has 0 spiro atoms. The summed E-state index contributed by atoms with van der Waals surface area (Å²) in [5.41, 5.74) is 4.26. The lowest BCUT2D eigenvalue weighted by molar-refractivity contribution is -0.137. The highest BCUT2D eigenvalue weighted by Gasteiger charge is 2.33. The summed E-state index contributed by atoms with van der Waals surface area (Å²) in [6, 6.07) is 7.67. The molecule has 1 aliphatic heterocycles. The van der Waals surface area contributed by atoms with E-state index in [4.69, 9.17) is 0 Å². The minimum Gasteiger partial charge on any atom is -0.481 e. The van der Waals surface area contributed by atoms with Crippen LogP contribution < -0.4 is 5.32 Å². The van der Waals surface area contributed by atoms with Crippen molar-refractivity contribution in [2.75, 3.05) is 5.32 Å². The van der Waals surface area contributed by atoms with Gasteiger partial charge in [0.2, 0.25) is 0 Å². The maximum Gasteiger partial charge on any atom is 0.304 e. The van der Waals surface area contributed by atoms with Gasteiger partial charge in [-0.05, 0) is 29.7 Å². The molecular weight excluding hydrogens is 254 g/mol. The Balaban J connectivity index is 2.19. The van der Waals surface area contributed by atoms with E-state index >= 15 is 0 Å². The lowest BCUT2D eigenvalue weighted by Gasteiger charge is -2.33. The van der Waals surface area contributed by atoms with Crippen LogP contribution in [0.15, 0.2) is 47.2 Å². The number of nitrogens with one attached hydrogen (secondary N) is 1. The summed E-state index contributed by atoms with van der Waals surface area (Å²) in [6.07, 6.45) is 2.23. The molecule has 1 atom stereocenters. The van der Waals surface area contributed by atoms with Gasteiger partial charge >= 0.3 is 5.97 Å². The highest BCUT2D eigenvalue weighted by Crippen LogP contribution is 2.44. The second-order valence-electron chi connectivity index (χ2n) is 5.15. The Hall–Kier alpha value is -2.36. The third kappa shape index (κ3) is 1.93. The van der Waals surface area contributed by atoms with Gasteiger partial charge in [0.05, 0.1) is 6.42 Å². The molecule has 20 heavy (non-hydrogen) atoms. The fourth-order valence-electron chi connectivity index (χ4n) is 2.98. The van der Waals surface area contributed by atoms with Crippen molar-refractivity contribution in [2.45, 2.75) is 25.7 Å². The second-order valence-corrected chi connectivity index (χ2v) is 5.15. The maximum atomic E-state index is 11.9. The van der Waals surface area contributed by atoms with Crippen LogP contribution in [0.25, 0.3) is 0 Å². The number of carboxylic acids is 1. The number of aliphatic carboxylic acids is 1. The molecule has 1 heterocycles. The normalized spacial score (nSPS) is 20.8. The number of hydrogen-bond donors (Lipinski definition) is 2. The van der Waals surface area contributed by atoms with Crippen LogP contribution in [-0.2, 0) is 9.59 Å². The van der Waals surface area contributed by atoms with Gasteiger partial charge in [0, 0.05) is 23.7 Å². The molecule has 0 bridgehead atoms. The first-order valence-corrected chi connectivity index (χ1v) is 6.60. The van der Waals surface area contributed by atoms with E-state index in [1.807, 2.05) is 30.3 Å². The summed E-state index contributed by atoms with van der Waals surface area (Å²) in [6.45, 7) is 1.79. The van der Waals surface area contributed by atoms with E-state index in [1.165, 1.54) is 0 Å². The molecule has 1 aromatic rings. The minimum absolute atomic E-state index is 0.00398. The van der Waals surface area contributed by atoms with Gasteiger partial charge in [0.25, 0.3) is 0 Å². The number of anilines is 1. The molecule has 4 nitrogen and oxygen atoms in total. The van der Waals surface area contributed by atoms with E-state index in [0.717, 1.165) is 22.5 Å². The lowest BCUT2D eigenvalue weighted by Crippen LogP contribution is -2.25. The molecule has 0 aromatic heterocycles. The number of hydrogen-bond acceptors (Lipinski definition) is 3. The number of rotatable bonds is 2. The van der Waals surface area contributed by atoms with Crippen LogP contribution >= 0.6 is 0 Å². The van der Waals surface area contributed by atoms with Crippen molar-refractivity contribution in [3.8, 4) is 0 Å². The number of carboxylic acid groups (broad SMARTS) is 1. The second kappa shape index (κ2) is 4.63.